The molecule has 0 saturated carbocycles. The number of hydrogen-bond acceptors (Lipinski definition) is 3. The second-order valence-electron chi connectivity index (χ2n) is 2.19. The number of fused-ring (bicyclic) bond motifs is 1. The van der Waals surface area contributed by atoms with Crippen molar-refractivity contribution in [1.82, 2.24) is 0 Å². The van der Waals surface area contributed by atoms with Crippen LogP contribution in [-0.2, 0) is 9.47 Å². The van der Waals surface area contributed by atoms with Crippen LogP contribution in [0.2, 0.25) is 0 Å². The topological polar surface area (TPSA) is 42.3 Å². The van der Waals surface area contributed by atoms with E-state index in [2.05, 4.69) is 0 Å². The Kier molecular flexibility index (Phi) is 1.11. The summed E-state index contributed by atoms with van der Waals surface area (Å²) in [5, 5.41) is 7.38. The molecule has 3 heteroatoms. The molecule has 3 nitrogen and oxygen atoms in total. The van der Waals surface area contributed by atoms with E-state index in [0.717, 1.165) is 5.76 Å². The highest BCUT2D eigenvalue weighted by Gasteiger charge is 2.27. The molecule has 0 aromatic carbocycles. The predicted molar refractivity (Wildman–Crippen MR) is 35.8 cm³/mol. The Bertz CT molecular complexity index is 230. The fourth-order valence-corrected chi connectivity index (χ4v) is 1.04. The normalized spacial score (nSPS) is 29.4. The molecule has 1 saturated heterocycles. The van der Waals surface area contributed by atoms with Crippen LogP contribution < -0.4 is 0 Å². The largest absolute Gasteiger partial charge is 0.469 e. The highest BCUT2D eigenvalue weighted by molar-refractivity contribution is 5.99. The highest BCUT2D eigenvalue weighted by atomic mass is 16.7. The van der Waals surface area contributed by atoms with Crippen molar-refractivity contribution in [3.05, 3.63) is 24.0 Å². The zero-order valence-electron chi connectivity index (χ0n) is 5.33. The lowest BCUT2D eigenvalue weighted by Crippen LogP contribution is -2.20. The van der Waals surface area contributed by atoms with Gasteiger partial charge in [-0.1, -0.05) is 6.08 Å². The third-order valence-corrected chi connectivity index (χ3v) is 1.54. The summed E-state index contributed by atoms with van der Waals surface area (Å²) in [6.45, 7) is 0.278. The first-order valence-electron chi connectivity index (χ1n) is 3.09. The molecule has 1 heterocycles. The van der Waals surface area contributed by atoms with Crippen LogP contribution in [0, 0.1) is 5.41 Å². The molecule has 0 aromatic heterocycles. The lowest BCUT2D eigenvalue weighted by Gasteiger charge is -2.09. The van der Waals surface area contributed by atoms with Gasteiger partial charge in [0.2, 0.25) is 0 Å². The molecule has 1 unspecified atom stereocenters. The van der Waals surface area contributed by atoms with E-state index in [4.69, 9.17) is 14.9 Å². The van der Waals surface area contributed by atoms with Gasteiger partial charge >= 0.3 is 0 Å². The quantitative estimate of drug-likeness (QED) is 0.537. The van der Waals surface area contributed by atoms with Crippen LogP contribution in [0.1, 0.15) is 0 Å². The van der Waals surface area contributed by atoms with Gasteiger partial charge in [-0.05, 0) is 12.2 Å². The van der Waals surface area contributed by atoms with Crippen LogP contribution in [0.15, 0.2) is 24.0 Å². The maximum atomic E-state index is 7.38. The monoisotopic (exact) mass is 137 g/mol. The number of nitrogens with one attached hydrogen (secondary N) is 1. The van der Waals surface area contributed by atoms with Crippen LogP contribution in [0.5, 0.6) is 0 Å². The summed E-state index contributed by atoms with van der Waals surface area (Å²) >= 11 is 0. The number of hydrogen-bond donors (Lipinski definition) is 1. The molecule has 1 N–H and O–H groups in total. The van der Waals surface area contributed by atoms with Gasteiger partial charge in [-0.2, -0.15) is 0 Å². The Morgan fingerprint density at radius 1 is 1.60 bits per heavy atom. The molecule has 0 bridgehead atoms. The van der Waals surface area contributed by atoms with E-state index in [1.54, 1.807) is 12.2 Å². The molecule has 0 aromatic rings. The van der Waals surface area contributed by atoms with Crippen molar-refractivity contribution in [2.75, 3.05) is 6.79 Å². The summed E-state index contributed by atoms with van der Waals surface area (Å²) in [7, 11) is 0. The molecule has 0 spiro atoms. The first kappa shape index (κ1) is 5.68. The van der Waals surface area contributed by atoms with E-state index in [-0.39, 0.29) is 12.9 Å². The predicted octanol–water partition coefficient (Wildman–Crippen LogP) is 0.833. The van der Waals surface area contributed by atoms with Gasteiger partial charge in [-0.3, -0.25) is 0 Å². The smallest absolute Gasteiger partial charge is 0.190 e. The van der Waals surface area contributed by atoms with Crippen molar-refractivity contribution >= 4 is 5.71 Å². The molecule has 1 fully saturated rings. The van der Waals surface area contributed by atoms with Gasteiger partial charge < -0.3 is 14.9 Å². The second-order valence-corrected chi connectivity index (χ2v) is 2.19. The highest BCUT2D eigenvalue weighted by Crippen LogP contribution is 2.20. The first-order chi connectivity index (χ1) is 4.88. The number of rotatable bonds is 0. The van der Waals surface area contributed by atoms with Crippen molar-refractivity contribution in [3.8, 4) is 0 Å². The SMILES string of the molecule is N=C1C=CC=C2OCOC12. The fourth-order valence-electron chi connectivity index (χ4n) is 1.04. The average Bonchev–Trinajstić information content (AvgIpc) is 2.36. The summed E-state index contributed by atoms with van der Waals surface area (Å²) in [5.74, 6) is 0.757. The molecule has 1 aliphatic carbocycles. The minimum Gasteiger partial charge on any atom is -0.469 e. The van der Waals surface area contributed by atoms with E-state index in [1.807, 2.05) is 6.08 Å². The number of ether oxygens (including phenoxy) is 2. The Hall–Kier alpha value is -1.09. The van der Waals surface area contributed by atoms with Crippen molar-refractivity contribution in [3.63, 3.8) is 0 Å². The maximum absolute atomic E-state index is 7.38. The van der Waals surface area contributed by atoms with Crippen molar-refractivity contribution < 1.29 is 9.47 Å². The van der Waals surface area contributed by atoms with E-state index >= 15 is 0 Å². The lowest BCUT2D eigenvalue weighted by atomic mass is 10.1. The lowest BCUT2D eigenvalue weighted by molar-refractivity contribution is 0.0676. The summed E-state index contributed by atoms with van der Waals surface area (Å²) in [6, 6.07) is 0. The Labute approximate surface area is 58.5 Å². The van der Waals surface area contributed by atoms with Crippen molar-refractivity contribution in [2.24, 2.45) is 0 Å². The van der Waals surface area contributed by atoms with Gasteiger partial charge in [-0.25, -0.2) is 0 Å². The first-order valence-corrected chi connectivity index (χ1v) is 3.09. The van der Waals surface area contributed by atoms with Crippen LogP contribution in [0.25, 0.3) is 0 Å². The maximum Gasteiger partial charge on any atom is 0.190 e. The Morgan fingerprint density at radius 3 is 3.30 bits per heavy atom. The molecule has 10 heavy (non-hydrogen) atoms. The summed E-state index contributed by atoms with van der Waals surface area (Å²) in [4.78, 5) is 0. The van der Waals surface area contributed by atoms with E-state index in [0.29, 0.717) is 5.71 Å². The second kappa shape index (κ2) is 1.95. The average molecular weight is 137 g/mol. The van der Waals surface area contributed by atoms with Crippen LogP contribution in [0.4, 0.5) is 0 Å². The summed E-state index contributed by atoms with van der Waals surface area (Å²) in [6.07, 6.45) is 5.10. The minimum atomic E-state index is -0.231. The van der Waals surface area contributed by atoms with Gasteiger partial charge in [0.25, 0.3) is 0 Å². The van der Waals surface area contributed by atoms with Gasteiger partial charge in [0.05, 0.1) is 5.71 Å². The Morgan fingerprint density at radius 2 is 2.50 bits per heavy atom. The van der Waals surface area contributed by atoms with Gasteiger partial charge in [0, 0.05) is 0 Å². The molecule has 0 radical (unpaired) electrons. The third kappa shape index (κ3) is 0.675. The van der Waals surface area contributed by atoms with Gasteiger partial charge in [0.1, 0.15) is 5.76 Å². The zero-order chi connectivity index (χ0) is 6.97. The van der Waals surface area contributed by atoms with E-state index in [9.17, 15) is 0 Å². The van der Waals surface area contributed by atoms with Crippen molar-refractivity contribution in [1.29, 1.82) is 5.41 Å². The zero-order valence-corrected chi connectivity index (χ0v) is 5.33. The third-order valence-electron chi connectivity index (χ3n) is 1.54. The van der Waals surface area contributed by atoms with Crippen LogP contribution in [-0.4, -0.2) is 18.6 Å². The van der Waals surface area contributed by atoms with Crippen LogP contribution in [0.3, 0.4) is 0 Å². The molecule has 2 aliphatic rings. The standard InChI is InChI=1S/C7H7NO2/c8-5-2-1-3-6-7(5)10-4-9-6/h1-3,7-8H,4H2. The molecular weight excluding hydrogens is 130 g/mol. The number of allylic oxidation sites excluding steroid dienone is 2. The molecule has 1 atom stereocenters. The summed E-state index contributed by atoms with van der Waals surface area (Å²) in [5.41, 5.74) is 0.468. The fraction of sp³-hybridized carbons (Fsp3) is 0.286. The molecule has 2 rings (SSSR count). The van der Waals surface area contributed by atoms with E-state index in [1.165, 1.54) is 0 Å². The molecule has 52 valence electrons. The minimum absolute atomic E-state index is 0.231. The molecule has 1 aliphatic heterocycles. The van der Waals surface area contributed by atoms with E-state index < -0.39 is 0 Å². The van der Waals surface area contributed by atoms with Gasteiger partial charge in [-0.15, -0.1) is 0 Å². The van der Waals surface area contributed by atoms with Crippen molar-refractivity contribution in [2.45, 2.75) is 6.10 Å². The molecular formula is C7H7NO2. The van der Waals surface area contributed by atoms with Gasteiger partial charge in [0.15, 0.2) is 12.9 Å². The summed E-state index contributed by atoms with van der Waals surface area (Å²) < 4.78 is 10.2. The molecule has 0 amide bonds. The Balaban J connectivity index is 2.33. The van der Waals surface area contributed by atoms with Crippen LogP contribution >= 0.6 is 0 Å².